The summed E-state index contributed by atoms with van der Waals surface area (Å²) in [5.74, 6) is 2.49. The van der Waals surface area contributed by atoms with Gasteiger partial charge in [-0.2, -0.15) is 0 Å². The van der Waals surface area contributed by atoms with E-state index in [0.717, 1.165) is 31.2 Å². The normalized spacial score (nSPS) is 29.7. The Morgan fingerprint density at radius 1 is 1.50 bits per heavy atom. The van der Waals surface area contributed by atoms with E-state index in [1.807, 2.05) is 6.20 Å². The van der Waals surface area contributed by atoms with Gasteiger partial charge < -0.3 is 9.73 Å². The summed E-state index contributed by atoms with van der Waals surface area (Å²) in [6.07, 6.45) is 3.97. The summed E-state index contributed by atoms with van der Waals surface area (Å²) in [5, 5.41) is 3.42. The highest BCUT2D eigenvalue weighted by Gasteiger charge is 2.31. The van der Waals surface area contributed by atoms with Crippen molar-refractivity contribution in [2.45, 2.75) is 52.2 Å². The molecule has 1 aliphatic heterocycles. The third kappa shape index (κ3) is 2.75. The largest absolute Gasteiger partial charge is 0.444 e. The van der Waals surface area contributed by atoms with Gasteiger partial charge in [-0.25, -0.2) is 4.98 Å². The Morgan fingerprint density at radius 2 is 2.28 bits per heavy atom. The number of hydrogen-bond acceptors (Lipinski definition) is 4. The molecule has 3 unspecified atom stereocenters. The lowest BCUT2D eigenvalue weighted by atomic mass is 9.87. The lowest BCUT2D eigenvalue weighted by molar-refractivity contribution is 0.0730. The molecule has 3 atom stereocenters. The van der Waals surface area contributed by atoms with Crippen molar-refractivity contribution in [1.82, 2.24) is 15.2 Å². The molecule has 1 aliphatic rings. The van der Waals surface area contributed by atoms with Crippen LogP contribution in [0.2, 0.25) is 0 Å². The van der Waals surface area contributed by atoms with Gasteiger partial charge in [0.25, 0.3) is 0 Å². The maximum absolute atomic E-state index is 5.70. The lowest BCUT2D eigenvalue weighted by Gasteiger charge is -2.42. The van der Waals surface area contributed by atoms with Gasteiger partial charge in [-0.05, 0) is 26.3 Å². The van der Waals surface area contributed by atoms with Crippen molar-refractivity contribution in [3.8, 4) is 0 Å². The van der Waals surface area contributed by atoms with Crippen molar-refractivity contribution >= 4 is 0 Å². The van der Waals surface area contributed by atoms with Gasteiger partial charge in [0.1, 0.15) is 5.76 Å². The van der Waals surface area contributed by atoms with Gasteiger partial charge >= 0.3 is 0 Å². The minimum absolute atomic E-state index is 0.563. The molecule has 4 heteroatoms. The van der Waals surface area contributed by atoms with Crippen molar-refractivity contribution in [2.75, 3.05) is 13.6 Å². The molecule has 1 fully saturated rings. The van der Waals surface area contributed by atoms with Gasteiger partial charge in [-0.1, -0.05) is 13.8 Å². The number of likely N-dealkylation sites (tertiary alicyclic amines) is 1. The zero-order valence-corrected chi connectivity index (χ0v) is 11.9. The molecule has 2 heterocycles. The first kappa shape index (κ1) is 13.6. The molecule has 1 N–H and O–H groups in total. The predicted molar refractivity (Wildman–Crippen MR) is 72.4 cm³/mol. The summed E-state index contributed by atoms with van der Waals surface area (Å²) in [7, 11) is 2.06. The number of nitrogens with one attached hydrogen (secondary N) is 1. The molecular formula is C14H25N3O. The Kier molecular flexibility index (Phi) is 4.40. The van der Waals surface area contributed by atoms with Crippen LogP contribution in [-0.4, -0.2) is 35.6 Å². The molecule has 2 rings (SSSR count). The van der Waals surface area contributed by atoms with Gasteiger partial charge in [0, 0.05) is 25.0 Å². The average Bonchev–Trinajstić information content (AvgIpc) is 2.83. The van der Waals surface area contributed by atoms with Crippen molar-refractivity contribution < 1.29 is 4.42 Å². The molecule has 1 aromatic heterocycles. The number of oxazole rings is 1. The Labute approximate surface area is 110 Å². The number of aromatic nitrogens is 1. The molecule has 102 valence electrons. The maximum atomic E-state index is 5.70. The summed E-state index contributed by atoms with van der Waals surface area (Å²) in [6.45, 7) is 8.67. The summed E-state index contributed by atoms with van der Waals surface area (Å²) >= 11 is 0. The molecule has 18 heavy (non-hydrogen) atoms. The number of hydrogen-bond donors (Lipinski definition) is 1. The summed E-state index contributed by atoms with van der Waals surface area (Å²) in [6, 6.07) is 1.19. The third-order valence-electron chi connectivity index (χ3n) is 4.36. The Bertz CT molecular complexity index is 377. The first-order valence-corrected chi connectivity index (χ1v) is 7.00. The number of aryl methyl sites for hydroxylation is 1. The van der Waals surface area contributed by atoms with Gasteiger partial charge in [0.15, 0.2) is 0 Å². The van der Waals surface area contributed by atoms with Gasteiger partial charge in [-0.15, -0.1) is 0 Å². The van der Waals surface area contributed by atoms with Crippen LogP contribution in [0.5, 0.6) is 0 Å². The van der Waals surface area contributed by atoms with Gasteiger partial charge in [0.2, 0.25) is 5.89 Å². The van der Waals surface area contributed by atoms with Crippen molar-refractivity contribution in [3.63, 3.8) is 0 Å². The minimum atomic E-state index is 0.563. The number of rotatable bonds is 4. The predicted octanol–water partition coefficient (Wildman–Crippen LogP) is 2.06. The first-order chi connectivity index (χ1) is 8.65. The zero-order chi connectivity index (χ0) is 13.1. The van der Waals surface area contributed by atoms with E-state index in [9.17, 15) is 0 Å². The molecule has 0 saturated carbocycles. The SMILES string of the molecule is CCc1cnc(CN2CCC(NC)C(C)C2C)o1. The fourth-order valence-electron chi connectivity index (χ4n) is 2.83. The summed E-state index contributed by atoms with van der Waals surface area (Å²) in [5.41, 5.74) is 0. The molecular weight excluding hydrogens is 226 g/mol. The highest BCUT2D eigenvalue weighted by Crippen LogP contribution is 2.24. The Balaban J connectivity index is 1.97. The Morgan fingerprint density at radius 3 is 2.89 bits per heavy atom. The van der Waals surface area contributed by atoms with Crippen LogP contribution < -0.4 is 5.32 Å². The van der Waals surface area contributed by atoms with E-state index in [2.05, 4.69) is 43.0 Å². The molecule has 4 nitrogen and oxygen atoms in total. The quantitative estimate of drug-likeness (QED) is 0.889. The average molecular weight is 251 g/mol. The van der Waals surface area contributed by atoms with Crippen LogP contribution in [0.15, 0.2) is 10.6 Å². The molecule has 0 amide bonds. The summed E-state index contributed by atoms with van der Waals surface area (Å²) in [4.78, 5) is 6.83. The maximum Gasteiger partial charge on any atom is 0.208 e. The smallest absolute Gasteiger partial charge is 0.208 e. The second kappa shape index (κ2) is 5.85. The molecule has 1 saturated heterocycles. The van der Waals surface area contributed by atoms with Crippen molar-refractivity contribution in [1.29, 1.82) is 0 Å². The highest BCUT2D eigenvalue weighted by atomic mass is 16.4. The number of piperidine rings is 1. The van der Waals surface area contributed by atoms with E-state index in [4.69, 9.17) is 4.42 Å². The number of nitrogens with zero attached hydrogens (tertiary/aromatic N) is 2. The van der Waals surface area contributed by atoms with E-state index in [0.29, 0.717) is 18.0 Å². The second-order valence-electron chi connectivity index (χ2n) is 5.33. The van der Waals surface area contributed by atoms with E-state index >= 15 is 0 Å². The summed E-state index contributed by atoms with van der Waals surface area (Å²) < 4.78 is 5.70. The van der Waals surface area contributed by atoms with E-state index in [-0.39, 0.29) is 0 Å². The monoisotopic (exact) mass is 251 g/mol. The third-order valence-corrected chi connectivity index (χ3v) is 4.36. The van der Waals surface area contributed by atoms with Crippen LogP contribution in [0, 0.1) is 5.92 Å². The minimum Gasteiger partial charge on any atom is -0.444 e. The Hall–Kier alpha value is -0.870. The topological polar surface area (TPSA) is 41.3 Å². The highest BCUT2D eigenvalue weighted by molar-refractivity contribution is 4.95. The van der Waals surface area contributed by atoms with Crippen LogP contribution in [0.1, 0.15) is 38.8 Å². The molecule has 1 aromatic rings. The van der Waals surface area contributed by atoms with Crippen molar-refractivity contribution in [3.05, 3.63) is 17.8 Å². The van der Waals surface area contributed by atoms with E-state index < -0.39 is 0 Å². The zero-order valence-electron chi connectivity index (χ0n) is 11.9. The van der Waals surface area contributed by atoms with Crippen molar-refractivity contribution in [2.24, 2.45) is 5.92 Å². The molecule has 0 radical (unpaired) electrons. The van der Waals surface area contributed by atoms with Crippen LogP contribution in [-0.2, 0) is 13.0 Å². The van der Waals surface area contributed by atoms with Crippen LogP contribution >= 0.6 is 0 Å². The second-order valence-corrected chi connectivity index (χ2v) is 5.33. The fourth-order valence-corrected chi connectivity index (χ4v) is 2.83. The lowest BCUT2D eigenvalue weighted by Crippen LogP contribution is -2.52. The molecule has 0 aliphatic carbocycles. The van der Waals surface area contributed by atoms with Crippen LogP contribution in [0.25, 0.3) is 0 Å². The van der Waals surface area contributed by atoms with E-state index in [1.165, 1.54) is 6.42 Å². The standard InChI is InChI=1S/C14H25N3O/c1-5-12-8-16-14(18-12)9-17-7-6-13(15-4)10(2)11(17)3/h8,10-11,13,15H,5-7,9H2,1-4H3. The van der Waals surface area contributed by atoms with Gasteiger partial charge in [-0.3, -0.25) is 4.90 Å². The molecule has 0 bridgehead atoms. The van der Waals surface area contributed by atoms with E-state index in [1.54, 1.807) is 0 Å². The first-order valence-electron chi connectivity index (χ1n) is 7.00. The van der Waals surface area contributed by atoms with Gasteiger partial charge in [0.05, 0.1) is 12.7 Å². The fraction of sp³-hybridized carbons (Fsp3) is 0.786. The van der Waals surface area contributed by atoms with Crippen LogP contribution in [0.3, 0.4) is 0 Å². The van der Waals surface area contributed by atoms with Crippen LogP contribution in [0.4, 0.5) is 0 Å². The molecule has 0 spiro atoms. The molecule has 0 aromatic carbocycles.